The van der Waals surface area contributed by atoms with E-state index in [4.69, 9.17) is 4.74 Å². The summed E-state index contributed by atoms with van der Waals surface area (Å²) in [5.74, 6) is 2.95. The van der Waals surface area contributed by atoms with Crippen molar-refractivity contribution in [1.29, 1.82) is 0 Å². The molecule has 2 aliphatic carbocycles. The zero-order valence-corrected chi connectivity index (χ0v) is 13.8. The van der Waals surface area contributed by atoms with E-state index in [2.05, 4.69) is 19.2 Å². The molecule has 0 spiro atoms. The summed E-state index contributed by atoms with van der Waals surface area (Å²) in [4.78, 5) is 0. The van der Waals surface area contributed by atoms with Crippen molar-refractivity contribution in [2.24, 2.45) is 17.8 Å². The normalized spacial score (nSPS) is 30.3. The van der Waals surface area contributed by atoms with E-state index in [9.17, 15) is 4.39 Å². The van der Waals surface area contributed by atoms with Gasteiger partial charge in [-0.2, -0.15) is 0 Å². The van der Waals surface area contributed by atoms with Crippen LogP contribution in [0.4, 0.5) is 4.39 Å². The number of hydrogen-bond donors (Lipinski definition) is 0. The molecule has 0 heterocycles. The van der Waals surface area contributed by atoms with Gasteiger partial charge in [-0.1, -0.05) is 24.8 Å². The lowest BCUT2D eigenvalue weighted by Crippen LogP contribution is -2.29. The first kappa shape index (κ1) is 16.3. The van der Waals surface area contributed by atoms with Gasteiger partial charge in [-0.25, -0.2) is 4.39 Å². The predicted molar refractivity (Wildman–Crippen MR) is 93.2 cm³/mol. The van der Waals surface area contributed by atoms with Gasteiger partial charge in [0.05, 0.1) is 0 Å². The monoisotopic (exact) mass is 314 g/mol. The topological polar surface area (TPSA) is 9.23 Å². The summed E-state index contributed by atoms with van der Waals surface area (Å²) in [6.45, 7) is 7.90. The molecule has 1 aromatic rings. The SMILES string of the molecule is C=CCOc1ccc(C2CC[C@@H]3C[C@H](C=C)CC[C@@H]3C2)cc1F. The zero-order chi connectivity index (χ0) is 16.2. The lowest BCUT2D eigenvalue weighted by molar-refractivity contribution is 0.133. The molecule has 1 aromatic carbocycles. The Labute approximate surface area is 139 Å². The van der Waals surface area contributed by atoms with Crippen molar-refractivity contribution in [3.63, 3.8) is 0 Å². The van der Waals surface area contributed by atoms with Crippen molar-refractivity contribution < 1.29 is 9.13 Å². The van der Waals surface area contributed by atoms with Gasteiger partial charge in [-0.15, -0.1) is 6.58 Å². The van der Waals surface area contributed by atoms with E-state index in [1.165, 1.54) is 38.5 Å². The Morgan fingerprint density at radius 2 is 1.87 bits per heavy atom. The first-order chi connectivity index (χ1) is 11.2. The average Bonchev–Trinajstić information content (AvgIpc) is 2.59. The Balaban J connectivity index is 1.65. The molecule has 3 rings (SSSR count). The maximum Gasteiger partial charge on any atom is 0.165 e. The van der Waals surface area contributed by atoms with Gasteiger partial charge in [-0.3, -0.25) is 0 Å². The van der Waals surface area contributed by atoms with E-state index >= 15 is 0 Å². The molecule has 23 heavy (non-hydrogen) atoms. The quantitative estimate of drug-likeness (QED) is 0.617. The van der Waals surface area contributed by atoms with E-state index in [1.807, 2.05) is 6.07 Å². The Morgan fingerprint density at radius 3 is 2.61 bits per heavy atom. The highest BCUT2D eigenvalue weighted by atomic mass is 19.1. The number of halogens is 1. The molecule has 0 saturated heterocycles. The maximum atomic E-state index is 14.2. The van der Waals surface area contributed by atoms with E-state index in [0.717, 1.165) is 17.4 Å². The third-order valence-electron chi connectivity index (χ3n) is 5.77. The van der Waals surface area contributed by atoms with Crippen molar-refractivity contribution in [1.82, 2.24) is 0 Å². The molecule has 1 nitrogen and oxygen atoms in total. The predicted octanol–water partition coefficient (Wildman–Crippen LogP) is 5.88. The van der Waals surface area contributed by atoms with Gasteiger partial charge in [0.2, 0.25) is 0 Å². The third-order valence-corrected chi connectivity index (χ3v) is 5.77. The van der Waals surface area contributed by atoms with Gasteiger partial charge < -0.3 is 4.74 Å². The highest BCUT2D eigenvalue weighted by molar-refractivity contribution is 5.32. The Kier molecular flexibility index (Phi) is 5.20. The second-order valence-corrected chi connectivity index (χ2v) is 7.13. The molecule has 2 aliphatic rings. The molecule has 0 amide bonds. The molecule has 4 atom stereocenters. The van der Waals surface area contributed by atoms with Crippen LogP contribution in [-0.4, -0.2) is 6.61 Å². The van der Waals surface area contributed by atoms with Crippen LogP contribution in [0.25, 0.3) is 0 Å². The third kappa shape index (κ3) is 3.68. The standard InChI is InChI=1S/C21H27FO/c1-3-11-23-21-10-9-19(14-20(21)22)18-8-7-16-12-15(4-2)5-6-17(16)13-18/h3-4,9-10,14-18H,1-2,5-8,11-13H2/t15-,16-,17-,18?/m1/s1. The summed E-state index contributed by atoms with van der Waals surface area (Å²) in [6, 6.07) is 5.50. The second-order valence-electron chi connectivity index (χ2n) is 7.13. The van der Waals surface area contributed by atoms with Crippen molar-refractivity contribution >= 4 is 0 Å². The lowest BCUT2D eigenvalue weighted by atomic mass is 9.64. The number of allylic oxidation sites excluding steroid dienone is 1. The van der Waals surface area contributed by atoms with Gasteiger partial charge in [-0.05, 0) is 79.9 Å². The van der Waals surface area contributed by atoms with Crippen molar-refractivity contribution in [3.8, 4) is 5.75 Å². The van der Waals surface area contributed by atoms with Crippen LogP contribution < -0.4 is 4.74 Å². The van der Waals surface area contributed by atoms with Crippen LogP contribution in [0.1, 0.15) is 50.0 Å². The summed E-state index contributed by atoms with van der Waals surface area (Å²) in [7, 11) is 0. The summed E-state index contributed by atoms with van der Waals surface area (Å²) in [5, 5.41) is 0. The molecule has 124 valence electrons. The molecule has 1 unspecified atom stereocenters. The highest BCUT2D eigenvalue weighted by Crippen LogP contribution is 2.47. The Morgan fingerprint density at radius 1 is 1.09 bits per heavy atom. The van der Waals surface area contributed by atoms with Crippen LogP contribution in [0.2, 0.25) is 0 Å². The summed E-state index contributed by atoms with van der Waals surface area (Å²) < 4.78 is 19.5. The molecule has 2 heteroatoms. The summed E-state index contributed by atoms with van der Waals surface area (Å²) >= 11 is 0. The first-order valence-corrected chi connectivity index (χ1v) is 8.87. The minimum Gasteiger partial charge on any atom is -0.486 e. The molecule has 2 fully saturated rings. The second kappa shape index (κ2) is 7.33. The Bertz CT molecular complexity index is 565. The van der Waals surface area contributed by atoms with Gasteiger partial charge in [0.1, 0.15) is 6.61 Å². The first-order valence-electron chi connectivity index (χ1n) is 8.87. The fraction of sp³-hybridized carbons (Fsp3) is 0.524. The Hall–Kier alpha value is -1.57. The van der Waals surface area contributed by atoms with Gasteiger partial charge in [0.25, 0.3) is 0 Å². The van der Waals surface area contributed by atoms with E-state index in [-0.39, 0.29) is 5.82 Å². The molecule has 0 aromatic heterocycles. The zero-order valence-electron chi connectivity index (χ0n) is 13.8. The molecule has 0 radical (unpaired) electrons. The summed E-state index contributed by atoms with van der Waals surface area (Å²) in [6.07, 6.45) is 11.3. The smallest absolute Gasteiger partial charge is 0.165 e. The highest BCUT2D eigenvalue weighted by Gasteiger charge is 2.35. The van der Waals surface area contributed by atoms with Crippen molar-refractivity contribution in [3.05, 3.63) is 54.9 Å². The largest absolute Gasteiger partial charge is 0.486 e. The van der Waals surface area contributed by atoms with Crippen molar-refractivity contribution in [2.75, 3.05) is 6.61 Å². The van der Waals surface area contributed by atoms with Crippen molar-refractivity contribution in [2.45, 2.75) is 44.4 Å². The van der Waals surface area contributed by atoms with Gasteiger partial charge >= 0.3 is 0 Å². The fourth-order valence-corrected chi connectivity index (χ4v) is 4.48. The van der Waals surface area contributed by atoms with E-state index in [0.29, 0.717) is 24.2 Å². The minimum absolute atomic E-state index is 0.248. The van der Waals surface area contributed by atoms with E-state index < -0.39 is 0 Å². The number of benzene rings is 1. The number of ether oxygens (including phenoxy) is 1. The lowest BCUT2D eigenvalue weighted by Gasteiger charge is -2.41. The van der Waals surface area contributed by atoms with E-state index in [1.54, 1.807) is 18.2 Å². The molecule has 0 bridgehead atoms. The molecule has 0 aliphatic heterocycles. The van der Waals surface area contributed by atoms with Crippen LogP contribution in [0.3, 0.4) is 0 Å². The number of hydrogen-bond acceptors (Lipinski definition) is 1. The fourth-order valence-electron chi connectivity index (χ4n) is 4.48. The molecule has 2 saturated carbocycles. The molecule has 0 N–H and O–H groups in total. The van der Waals surface area contributed by atoms with Crippen LogP contribution in [0.5, 0.6) is 5.75 Å². The maximum absolute atomic E-state index is 14.2. The van der Waals surface area contributed by atoms with Gasteiger partial charge in [0.15, 0.2) is 11.6 Å². The average molecular weight is 314 g/mol. The number of fused-ring (bicyclic) bond motifs is 1. The van der Waals surface area contributed by atoms with Crippen LogP contribution >= 0.6 is 0 Å². The van der Waals surface area contributed by atoms with Crippen LogP contribution in [0.15, 0.2) is 43.5 Å². The summed E-state index contributed by atoms with van der Waals surface area (Å²) in [5.41, 5.74) is 1.14. The molecular formula is C21H27FO. The van der Waals surface area contributed by atoms with Gasteiger partial charge in [0, 0.05) is 0 Å². The molecular weight excluding hydrogens is 287 g/mol. The van der Waals surface area contributed by atoms with Crippen LogP contribution in [0, 0.1) is 23.6 Å². The number of rotatable bonds is 5. The van der Waals surface area contributed by atoms with Crippen LogP contribution in [-0.2, 0) is 0 Å². The minimum atomic E-state index is -0.248.